The normalized spacial score (nSPS) is 13.5. The summed E-state index contributed by atoms with van der Waals surface area (Å²) in [5.41, 5.74) is 15.6. The van der Waals surface area contributed by atoms with Crippen LogP contribution in [-0.4, -0.2) is 41.2 Å². The molecule has 0 bridgehead atoms. The number of nitrogen functional groups attached to an aromatic ring is 2. The molecule has 4 N–H and O–H groups in total. The van der Waals surface area contributed by atoms with Crippen molar-refractivity contribution in [2.45, 2.75) is 19.6 Å². The van der Waals surface area contributed by atoms with Gasteiger partial charge in [0.2, 0.25) is 11.7 Å². The SMILES string of the molecule is COc1cc(CN2Cc3cnc4nc(N)nc(N)c4c3C2)cc(OC)c1OC. The first kappa shape index (κ1) is 18.1. The second kappa shape index (κ2) is 7.01. The number of anilines is 2. The number of fused-ring (bicyclic) bond motifs is 3. The van der Waals surface area contributed by atoms with Gasteiger partial charge in [0.15, 0.2) is 17.1 Å². The molecule has 3 aromatic rings. The van der Waals surface area contributed by atoms with E-state index in [-0.39, 0.29) is 5.95 Å². The maximum absolute atomic E-state index is 6.10. The van der Waals surface area contributed by atoms with Gasteiger partial charge in [0.25, 0.3) is 0 Å². The van der Waals surface area contributed by atoms with Crippen LogP contribution in [0.25, 0.3) is 11.0 Å². The van der Waals surface area contributed by atoms with Crippen LogP contribution in [0.1, 0.15) is 16.7 Å². The quantitative estimate of drug-likeness (QED) is 0.679. The van der Waals surface area contributed by atoms with E-state index < -0.39 is 0 Å². The van der Waals surface area contributed by atoms with E-state index in [9.17, 15) is 0 Å². The summed E-state index contributed by atoms with van der Waals surface area (Å²) in [7, 11) is 4.81. The summed E-state index contributed by atoms with van der Waals surface area (Å²) in [5.74, 6) is 2.34. The second-order valence-corrected chi connectivity index (χ2v) is 6.61. The van der Waals surface area contributed by atoms with Crippen molar-refractivity contribution < 1.29 is 14.2 Å². The third-order valence-electron chi connectivity index (χ3n) is 4.87. The summed E-state index contributed by atoms with van der Waals surface area (Å²) in [6.45, 7) is 2.16. The number of hydrogen-bond acceptors (Lipinski definition) is 9. The average molecular weight is 382 g/mol. The van der Waals surface area contributed by atoms with Gasteiger partial charge in [0, 0.05) is 25.8 Å². The molecule has 0 aliphatic carbocycles. The Morgan fingerprint density at radius 2 is 1.71 bits per heavy atom. The summed E-state index contributed by atoms with van der Waals surface area (Å²) >= 11 is 0. The molecule has 0 unspecified atom stereocenters. The maximum atomic E-state index is 6.10. The smallest absolute Gasteiger partial charge is 0.224 e. The fraction of sp³-hybridized carbons (Fsp3) is 0.316. The molecule has 146 valence electrons. The highest BCUT2D eigenvalue weighted by atomic mass is 16.5. The van der Waals surface area contributed by atoms with E-state index in [0.29, 0.717) is 41.8 Å². The van der Waals surface area contributed by atoms with Crippen LogP contribution < -0.4 is 25.7 Å². The lowest BCUT2D eigenvalue weighted by Crippen LogP contribution is -2.16. The Morgan fingerprint density at radius 1 is 1.00 bits per heavy atom. The van der Waals surface area contributed by atoms with Crippen LogP contribution in [0.2, 0.25) is 0 Å². The lowest BCUT2D eigenvalue weighted by Gasteiger charge is -2.18. The molecule has 1 aromatic carbocycles. The fourth-order valence-electron chi connectivity index (χ4n) is 3.68. The van der Waals surface area contributed by atoms with E-state index in [0.717, 1.165) is 28.6 Å². The monoisotopic (exact) mass is 382 g/mol. The molecule has 0 saturated heterocycles. The first-order valence-corrected chi connectivity index (χ1v) is 8.74. The van der Waals surface area contributed by atoms with Crippen molar-refractivity contribution in [1.82, 2.24) is 19.9 Å². The van der Waals surface area contributed by atoms with Gasteiger partial charge in [0.1, 0.15) is 5.82 Å². The first-order chi connectivity index (χ1) is 13.5. The predicted octanol–water partition coefficient (Wildman–Crippen LogP) is 1.73. The van der Waals surface area contributed by atoms with Gasteiger partial charge in [-0.05, 0) is 28.8 Å². The zero-order valence-electron chi connectivity index (χ0n) is 16.0. The molecule has 0 spiro atoms. The van der Waals surface area contributed by atoms with Gasteiger partial charge in [-0.2, -0.15) is 9.97 Å². The van der Waals surface area contributed by atoms with Gasteiger partial charge in [-0.15, -0.1) is 0 Å². The molecule has 0 saturated carbocycles. The van der Waals surface area contributed by atoms with Crippen molar-refractivity contribution in [3.05, 3.63) is 35.0 Å². The summed E-state index contributed by atoms with van der Waals surface area (Å²) in [4.78, 5) is 15.0. The largest absolute Gasteiger partial charge is 0.493 e. The third-order valence-corrected chi connectivity index (χ3v) is 4.87. The topological polar surface area (TPSA) is 122 Å². The Balaban J connectivity index is 1.65. The van der Waals surface area contributed by atoms with Crippen LogP contribution in [0, 0.1) is 0 Å². The Labute approximate surface area is 162 Å². The number of methoxy groups -OCH3 is 3. The van der Waals surface area contributed by atoms with Crippen LogP contribution in [0.5, 0.6) is 17.2 Å². The van der Waals surface area contributed by atoms with E-state index in [1.165, 1.54) is 0 Å². The van der Waals surface area contributed by atoms with Gasteiger partial charge >= 0.3 is 0 Å². The zero-order chi connectivity index (χ0) is 19.8. The number of nitrogens with zero attached hydrogens (tertiary/aromatic N) is 4. The van der Waals surface area contributed by atoms with E-state index >= 15 is 0 Å². The molecule has 0 amide bonds. The molecule has 1 aliphatic rings. The predicted molar refractivity (Wildman–Crippen MR) is 105 cm³/mol. The lowest BCUT2D eigenvalue weighted by molar-refractivity contribution is 0.273. The molecule has 0 atom stereocenters. The molecule has 9 nitrogen and oxygen atoms in total. The van der Waals surface area contributed by atoms with E-state index in [2.05, 4.69) is 19.9 Å². The highest BCUT2D eigenvalue weighted by molar-refractivity contribution is 5.90. The Kier molecular flexibility index (Phi) is 4.52. The Morgan fingerprint density at radius 3 is 2.36 bits per heavy atom. The van der Waals surface area contributed by atoms with E-state index in [1.807, 2.05) is 18.3 Å². The molecule has 28 heavy (non-hydrogen) atoms. The fourth-order valence-corrected chi connectivity index (χ4v) is 3.68. The Bertz CT molecular complexity index is 1030. The third kappa shape index (κ3) is 2.99. The molecule has 0 fully saturated rings. The zero-order valence-corrected chi connectivity index (χ0v) is 16.0. The number of ether oxygens (including phenoxy) is 3. The highest BCUT2D eigenvalue weighted by Crippen LogP contribution is 2.39. The molecular formula is C19H22N6O3. The minimum atomic E-state index is 0.129. The maximum Gasteiger partial charge on any atom is 0.224 e. The number of aromatic nitrogens is 3. The van der Waals surface area contributed by atoms with Gasteiger partial charge in [0.05, 0.1) is 26.7 Å². The van der Waals surface area contributed by atoms with Crippen molar-refractivity contribution in [3.63, 3.8) is 0 Å². The van der Waals surface area contributed by atoms with Crippen molar-refractivity contribution in [2.75, 3.05) is 32.8 Å². The molecule has 2 aromatic heterocycles. The van der Waals surface area contributed by atoms with Crippen molar-refractivity contribution in [1.29, 1.82) is 0 Å². The minimum absolute atomic E-state index is 0.129. The van der Waals surface area contributed by atoms with Crippen LogP contribution in [0.4, 0.5) is 11.8 Å². The summed E-state index contributed by atoms with van der Waals surface area (Å²) in [6, 6.07) is 3.91. The van der Waals surface area contributed by atoms with Crippen molar-refractivity contribution >= 4 is 22.8 Å². The minimum Gasteiger partial charge on any atom is -0.493 e. The lowest BCUT2D eigenvalue weighted by atomic mass is 10.1. The summed E-state index contributed by atoms with van der Waals surface area (Å²) in [5, 5.41) is 0.777. The summed E-state index contributed by atoms with van der Waals surface area (Å²) in [6.07, 6.45) is 1.83. The number of benzene rings is 1. The number of pyridine rings is 1. The molecule has 0 radical (unpaired) electrons. The highest BCUT2D eigenvalue weighted by Gasteiger charge is 2.25. The van der Waals surface area contributed by atoms with E-state index in [1.54, 1.807) is 21.3 Å². The molecule has 1 aliphatic heterocycles. The number of nitrogens with two attached hydrogens (primary N) is 2. The van der Waals surface area contributed by atoms with Crippen molar-refractivity contribution in [2.24, 2.45) is 0 Å². The van der Waals surface area contributed by atoms with Crippen LogP contribution >= 0.6 is 0 Å². The van der Waals surface area contributed by atoms with E-state index in [4.69, 9.17) is 25.7 Å². The van der Waals surface area contributed by atoms with Gasteiger partial charge in [-0.1, -0.05) is 0 Å². The van der Waals surface area contributed by atoms with Crippen LogP contribution in [-0.2, 0) is 19.6 Å². The van der Waals surface area contributed by atoms with Crippen LogP contribution in [0.3, 0.4) is 0 Å². The number of rotatable bonds is 5. The molecule has 3 heterocycles. The second-order valence-electron chi connectivity index (χ2n) is 6.61. The van der Waals surface area contributed by atoms with Gasteiger partial charge < -0.3 is 25.7 Å². The average Bonchev–Trinajstić information content (AvgIpc) is 3.08. The van der Waals surface area contributed by atoms with Gasteiger partial charge in [-0.25, -0.2) is 4.98 Å². The molecule has 9 heteroatoms. The molecular weight excluding hydrogens is 360 g/mol. The standard InChI is InChI=1S/C19H22N6O3/c1-26-13-4-10(5-14(27-2)16(13)28-3)7-25-8-11-6-22-18-15(12(11)9-25)17(20)23-19(21)24-18/h4-6H,7-9H2,1-3H3,(H4,20,21,22,23,24). The van der Waals surface area contributed by atoms with Gasteiger partial charge in [-0.3, -0.25) is 4.90 Å². The van der Waals surface area contributed by atoms with Crippen LogP contribution in [0.15, 0.2) is 18.3 Å². The number of hydrogen-bond donors (Lipinski definition) is 2. The molecule has 4 rings (SSSR count). The summed E-state index contributed by atoms with van der Waals surface area (Å²) < 4.78 is 16.3. The van der Waals surface area contributed by atoms with Crippen molar-refractivity contribution in [3.8, 4) is 17.2 Å². The Hall–Kier alpha value is -3.33. The first-order valence-electron chi connectivity index (χ1n) is 8.74.